The Morgan fingerprint density at radius 1 is 1.25 bits per heavy atom. The molecule has 0 aliphatic heterocycles. The molecule has 0 fully saturated rings. The molecule has 3 heteroatoms. The first-order chi connectivity index (χ1) is 9.56. The van der Waals surface area contributed by atoms with Crippen LogP contribution in [0.2, 0.25) is 0 Å². The molecule has 0 aliphatic carbocycles. The summed E-state index contributed by atoms with van der Waals surface area (Å²) in [5.74, 6) is 1.40. The van der Waals surface area contributed by atoms with E-state index in [1.54, 1.807) is 0 Å². The van der Waals surface area contributed by atoms with E-state index in [9.17, 15) is 0 Å². The van der Waals surface area contributed by atoms with Gasteiger partial charge in [0.15, 0.2) is 0 Å². The van der Waals surface area contributed by atoms with Crippen LogP contribution in [0, 0.1) is 11.8 Å². The Morgan fingerprint density at radius 3 is 2.60 bits per heavy atom. The number of rotatable bonds is 9. The average molecular weight is 277 g/mol. The van der Waals surface area contributed by atoms with Gasteiger partial charge in [0.1, 0.15) is 0 Å². The lowest BCUT2D eigenvalue weighted by Gasteiger charge is -2.26. The lowest BCUT2D eigenvalue weighted by molar-refractivity contribution is 0.544. The largest absolute Gasteiger partial charge is 0.371 e. The van der Waals surface area contributed by atoms with Gasteiger partial charge in [-0.2, -0.15) is 0 Å². The van der Waals surface area contributed by atoms with Gasteiger partial charge in [-0.15, -0.1) is 0 Å². The van der Waals surface area contributed by atoms with Crippen molar-refractivity contribution < 1.29 is 0 Å². The first-order valence-electron chi connectivity index (χ1n) is 7.97. The molecule has 0 saturated carbocycles. The molecular formula is C17H31N3. The molecule has 20 heavy (non-hydrogen) atoms. The Labute approximate surface area is 124 Å². The Morgan fingerprint density at radius 2 is 2.00 bits per heavy atom. The molecule has 3 nitrogen and oxygen atoms in total. The molecule has 1 aromatic rings. The second kappa shape index (κ2) is 8.96. The van der Waals surface area contributed by atoms with Crippen molar-refractivity contribution in [3.63, 3.8) is 0 Å². The fourth-order valence-corrected chi connectivity index (χ4v) is 2.17. The van der Waals surface area contributed by atoms with Gasteiger partial charge in [0.05, 0.1) is 5.69 Å². The minimum Gasteiger partial charge on any atom is -0.371 e. The highest BCUT2D eigenvalue weighted by molar-refractivity contribution is 5.46. The maximum absolute atomic E-state index is 4.46. The third-order valence-electron chi connectivity index (χ3n) is 3.63. The average Bonchev–Trinajstić information content (AvgIpc) is 2.44. The summed E-state index contributed by atoms with van der Waals surface area (Å²) in [5, 5.41) is 3.46. The minimum atomic E-state index is 0.677. The number of hydrogen-bond acceptors (Lipinski definition) is 3. The van der Waals surface area contributed by atoms with Crippen LogP contribution in [-0.4, -0.2) is 24.6 Å². The number of anilines is 1. The van der Waals surface area contributed by atoms with Gasteiger partial charge in [-0.05, 0) is 37.4 Å². The van der Waals surface area contributed by atoms with Gasteiger partial charge < -0.3 is 10.2 Å². The zero-order chi connectivity index (χ0) is 15.0. The normalized spacial score (nSPS) is 12.7. The standard InChI is InChI=1S/C17H31N3/c1-6-15(5)13-20(7-2)17-8-9-19-16(10-17)12-18-11-14(3)4/h8-10,14-15,18H,6-7,11-13H2,1-5H3. The van der Waals surface area contributed by atoms with E-state index in [4.69, 9.17) is 0 Å². The molecule has 0 aromatic carbocycles. The molecular weight excluding hydrogens is 246 g/mol. The summed E-state index contributed by atoms with van der Waals surface area (Å²) in [6.45, 7) is 15.3. The van der Waals surface area contributed by atoms with Gasteiger partial charge in [-0.1, -0.05) is 34.1 Å². The number of hydrogen-bond donors (Lipinski definition) is 1. The number of aromatic nitrogens is 1. The van der Waals surface area contributed by atoms with Crippen molar-refractivity contribution in [2.45, 2.75) is 47.6 Å². The fraction of sp³-hybridized carbons (Fsp3) is 0.706. The first-order valence-corrected chi connectivity index (χ1v) is 7.97. The third kappa shape index (κ3) is 5.91. The minimum absolute atomic E-state index is 0.677. The van der Waals surface area contributed by atoms with Gasteiger partial charge in [-0.3, -0.25) is 4.98 Å². The van der Waals surface area contributed by atoms with Crippen LogP contribution in [0.5, 0.6) is 0 Å². The van der Waals surface area contributed by atoms with E-state index in [1.165, 1.54) is 12.1 Å². The van der Waals surface area contributed by atoms with E-state index in [-0.39, 0.29) is 0 Å². The van der Waals surface area contributed by atoms with E-state index in [2.05, 4.69) is 62.0 Å². The third-order valence-corrected chi connectivity index (χ3v) is 3.63. The predicted molar refractivity (Wildman–Crippen MR) is 88.1 cm³/mol. The first kappa shape index (κ1) is 17.0. The molecule has 0 radical (unpaired) electrons. The summed E-state index contributed by atoms with van der Waals surface area (Å²) >= 11 is 0. The van der Waals surface area contributed by atoms with Gasteiger partial charge in [-0.25, -0.2) is 0 Å². The Bertz CT molecular complexity index is 376. The molecule has 1 atom stereocenters. The van der Waals surface area contributed by atoms with Crippen molar-refractivity contribution in [2.24, 2.45) is 11.8 Å². The van der Waals surface area contributed by atoms with Gasteiger partial charge in [0.2, 0.25) is 0 Å². The van der Waals surface area contributed by atoms with E-state index in [0.29, 0.717) is 5.92 Å². The Hall–Kier alpha value is -1.09. The highest BCUT2D eigenvalue weighted by Gasteiger charge is 2.09. The summed E-state index contributed by atoms with van der Waals surface area (Å²) in [7, 11) is 0. The second-order valence-electron chi connectivity index (χ2n) is 6.08. The summed E-state index contributed by atoms with van der Waals surface area (Å²) in [6, 6.07) is 4.34. The second-order valence-corrected chi connectivity index (χ2v) is 6.08. The molecule has 1 N–H and O–H groups in total. The molecule has 1 rings (SSSR count). The monoisotopic (exact) mass is 277 g/mol. The molecule has 1 heterocycles. The number of nitrogens with one attached hydrogen (secondary N) is 1. The van der Waals surface area contributed by atoms with Gasteiger partial charge >= 0.3 is 0 Å². The SMILES string of the molecule is CCC(C)CN(CC)c1ccnc(CNCC(C)C)c1. The van der Waals surface area contributed by atoms with Gasteiger partial charge in [0, 0.05) is 31.5 Å². The van der Waals surface area contributed by atoms with Crippen LogP contribution in [0.15, 0.2) is 18.3 Å². The summed E-state index contributed by atoms with van der Waals surface area (Å²) in [6.07, 6.45) is 3.16. The topological polar surface area (TPSA) is 28.2 Å². The van der Waals surface area contributed by atoms with Crippen LogP contribution >= 0.6 is 0 Å². The molecule has 1 unspecified atom stereocenters. The lowest BCUT2D eigenvalue weighted by atomic mass is 10.1. The Kier molecular flexibility index (Phi) is 7.60. The van der Waals surface area contributed by atoms with E-state index in [0.717, 1.165) is 37.8 Å². The smallest absolute Gasteiger partial charge is 0.0562 e. The highest BCUT2D eigenvalue weighted by Crippen LogP contribution is 2.17. The summed E-state index contributed by atoms with van der Waals surface area (Å²) in [4.78, 5) is 6.91. The number of nitrogens with zero attached hydrogens (tertiary/aromatic N) is 2. The maximum atomic E-state index is 4.46. The van der Waals surface area contributed by atoms with E-state index >= 15 is 0 Å². The van der Waals surface area contributed by atoms with Crippen LogP contribution in [-0.2, 0) is 6.54 Å². The van der Waals surface area contributed by atoms with Crippen molar-refractivity contribution >= 4 is 5.69 Å². The van der Waals surface area contributed by atoms with Crippen molar-refractivity contribution in [3.05, 3.63) is 24.0 Å². The van der Waals surface area contributed by atoms with Crippen molar-refractivity contribution in [3.8, 4) is 0 Å². The van der Waals surface area contributed by atoms with Crippen LogP contribution in [0.3, 0.4) is 0 Å². The predicted octanol–water partition coefficient (Wildman–Crippen LogP) is 3.70. The van der Waals surface area contributed by atoms with Crippen molar-refractivity contribution in [2.75, 3.05) is 24.5 Å². The molecule has 0 aliphatic rings. The zero-order valence-corrected chi connectivity index (χ0v) is 13.8. The molecule has 0 spiro atoms. The van der Waals surface area contributed by atoms with Crippen LogP contribution < -0.4 is 10.2 Å². The van der Waals surface area contributed by atoms with Crippen LogP contribution in [0.25, 0.3) is 0 Å². The molecule has 114 valence electrons. The van der Waals surface area contributed by atoms with Crippen LogP contribution in [0.1, 0.15) is 46.7 Å². The molecule has 0 bridgehead atoms. The van der Waals surface area contributed by atoms with E-state index in [1.807, 2.05) is 6.20 Å². The lowest BCUT2D eigenvalue weighted by Crippen LogP contribution is -2.28. The quantitative estimate of drug-likeness (QED) is 0.746. The Balaban J connectivity index is 2.64. The fourth-order valence-electron chi connectivity index (χ4n) is 2.17. The van der Waals surface area contributed by atoms with Gasteiger partial charge in [0.25, 0.3) is 0 Å². The van der Waals surface area contributed by atoms with Crippen molar-refractivity contribution in [1.82, 2.24) is 10.3 Å². The van der Waals surface area contributed by atoms with E-state index < -0.39 is 0 Å². The highest BCUT2D eigenvalue weighted by atomic mass is 15.1. The van der Waals surface area contributed by atoms with Crippen molar-refractivity contribution in [1.29, 1.82) is 0 Å². The molecule has 0 saturated heterocycles. The maximum Gasteiger partial charge on any atom is 0.0562 e. The molecule has 1 aromatic heterocycles. The van der Waals surface area contributed by atoms with Crippen LogP contribution in [0.4, 0.5) is 5.69 Å². The summed E-state index contributed by atoms with van der Waals surface area (Å²) in [5.41, 5.74) is 2.43. The number of pyridine rings is 1. The zero-order valence-electron chi connectivity index (χ0n) is 13.8. The molecule has 0 amide bonds. The summed E-state index contributed by atoms with van der Waals surface area (Å²) < 4.78 is 0.